The lowest BCUT2D eigenvalue weighted by Crippen LogP contribution is -2.54. The third kappa shape index (κ3) is 2.07. The van der Waals surface area contributed by atoms with Crippen LogP contribution in [0.5, 0.6) is 0 Å². The Hall–Kier alpha value is -2.07. The molecule has 3 rings (SSSR count). The molecule has 1 aromatic rings. The molecule has 0 atom stereocenters. The Morgan fingerprint density at radius 2 is 1.81 bits per heavy atom. The fourth-order valence-corrected chi connectivity index (χ4v) is 4.62. The number of nitriles is 1. The van der Waals surface area contributed by atoms with Crippen molar-refractivity contribution in [1.29, 1.82) is 5.26 Å². The Balaban J connectivity index is 2.14. The third-order valence-electron chi connectivity index (χ3n) is 4.03. The van der Waals surface area contributed by atoms with Crippen LogP contribution in [0.4, 0.5) is 5.69 Å². The minimum atomic E-state index is -4.12. The van der Waals surface area contributed by atoms with Gasteiger partial charge in [-0.3, -0.25) is 4.79 Å². The molecule has 21 heavy (non-hydrogen) atoms. The van der Waals surface area contributed by atoms with Crippen molar-refractivity contribution in [3.05, 3.63) is 29.8 Å². The number of rotatable bonds is 1. The monoisotopic (exact) mass is 305 g/mol. The summed E-state index contributed by atoms with van der Waals surface area (Å²) in [6.45, 7) is 0. The molecule has 1 saturated carbocycles. The van der Waals surface area contributed by atoms with Gasteiger partial charge in [-0.15, -0.1) is 0 Å². The van der Waals surface area contributed by atoms with Crippen molar-refractivity contribution in [2.45, 2.75) is 38.1 Å². The van der Waals surface area contributed by atoms with E-state index in [0.717, 1.165) is 23.6 Å². The maximum Gasteiger partial charge on any atom is 0.341 e. The van der Waals surface area contributed by atoms with Crippen molar-refractivity contribution in [3.8, 4) is 6.19 Å². The van der Waals surface area contributed by atoms with Gasteiger partial charge >= 0.3 is 10.2 Å². The summed E-state index contributed by atoms with van der Waals surface area (Å²) in [4.78, 5) is 12.6. The summed E-state index contributed by atoms with van der Waals surface area (Å²) in [5.41, 5.74) is 0.400. The smallest absolute Gasteiger partial charge is 0.268 e. The molecule has 6 nitrogen and oxygen atoms in total. The molecule has 1 amide bonds. The van der Waals surface area contributed by atoms with Crippen molar-refractivity contribution in [3.63, 3.8) is 0 Å². The molecule has 110 valence electrons. The first-order valence-corrected chi connectivity index (χ1v) is 8.35. The molecule has 1 aliphatic carbocycles. The molecule has 2 aliphatic rings. The van der Waals surface area contributed by atoms with Gasteiger partial charge in [0.15, 0.2) is 0 Å². The second kappa shape index (κ2) is 5.04. The van der Waals surface area contributed by atoms with Crippen LogP contribution in [0.1, 0.15) is 42.5 Å². The predicted molar refractivity (Wildman–Crippen MR) is 76.5 cm³/mol. The fourth-order valence-electron chi connectivity index (χ4n) is 3.04. The number of benzene rings is 1. The molecule has 0 aromatic heterocycles. The molecular weight excluding hydrogens is 290 g/mol. The summed E-state index contributed by atoms with van der Waals surface area (Å²) in [7, 11) is -4.12. The quantitative estimate of drug-likeness (QED) is 0.743. The minimum absolute atomic E-state index is 0.136. The molecule has 1 fully saturated rings. The number of amides is 1. The van der Waals surface area contributed by atoms with E-state index in [1.807, 2.05) is 0 Å². The first kappa shape index (κ1) is 13.9. The second-order valence-electron chi connectivity index (χ2n) is 5.28. The molecule has 0 saturated heterocycles. The van der Waals surface area contributed by atoms with E-state index in [1.54, 1.807) is 24.4 Å². The molecule has 0 unspecified atom stereocenters. The second-order valence-corrected chi connectivity index (χ2v) is 6.94. The lowest BCUT2D eigenvalue weighted by atomic mass is 9.95. The van der Waals surface area contributed by atoms with Gasteiger partial charge in [0.25, 0.3) is 5.91 Å². The zero-order chi connectivity index (χ0) is 15.0. The Bertz CT molecular complexity index is 717. The average molecular weight is 305 g/mol. The molecule has 1 aliphatic heterocycles. The predicted octanol–water partition coefficient (Wildman–Crippen LogP) is 2.01. The Morgan fingerprint density at radius 1 is 1.14 bits per heavy atom. The number of carbonyl (C=O) groups is 1. The van der Waals surface area contributed by atoms with Gasteiger partial charge in [0.2, 0.25) is 6.19 Å². The summed E-state index contributed by atoms with van der Waals surface area (Å²) in [6.07, 6.45) is 5.86. The van der Waals surface area contributed by atoms with Crippen LogP contribution in [-0.4, -0.2) is 24.7 Å². The molecule has 0 N–H and O–H groups in total. The van der Waals surface area contributed by atoms with Gasteiger partial charge in [0.05, 0.1) is 17.3 Å². The van der Waals surface area contributed by atoms with E-state index in [9.17, 15) is 18.5 Å². The SMILES string of the molecule is N#CN1c2ccccc2C(=O)N(C2CCCCC2)S1(=O)=O. The first-order chi connectivity index (χ1) is 10.1. The third-order valence-corrected chi connectivity index (χ3v) is 5.73. The van der Waals surface area contributed by atoms with E-state index in [2.05, 4.69) is 0 Å². The highest BCUT2D eigenvalue weighted by molar-refractivity contribution is 7.91. The number of anilines is 1. The summed E-state index contributed by atoms with van der Waals surface area (Å²) in [6, 6.07) is 5.98. The van der Waals surface area contributed by atoms with Gasteiger partial charge in [0, 0.05) is 0 Å². The Kier molecular flexibility index (Phi) is 3.33. The highest BCUT2D eigenvalue weighted by atomic mass is 32.2. The van der Waals surface area contributed by atoms with Gasteiger partial charge in [0.1, 0.15) is 0 Å². The van der Waals surface area contributed by atoms with Crippen LogP contribution in [0, 0.1) is 11.5 Å². The van der Waals surface area contributed by atoms with E-state index in [1.165, 1.54) is 6.07 Å². The molecule has 0 bridgehead atoms. The summed E-state index contributed by atoms with van der Waals surface area (Å²) in [5, 5.41) is 9.23. The maximum atomic E-state index is 12.6. The molecule has 1 heterocycles. The van der Waals surface area contributed by atoms with E-state index in [0.29, 0.717) is 17.1 Å². The van der Waals surface area contributed by atoms with Crippen LogP contribution in [-0.2, 0) is 10.2 Å². The van der Waals surface area contributed by atoms with Crippen molar-refractivity contribution in [2.24, 2.45) is 0 Å². The molecule has 0 spiro atoms. The molecular formula is C14H15N3O3S. The van der Waals surface area contributed by atoms with E-state index >= 15 is 0 Å². The number of carbonyl (C=O) groups excluding carboxylic acids is 1. The van der Waals surface area contributed by atoms with Crippen LogP contribution in [0.2, 0.25) is 0 Å². The van der Waals surface area contributed by atoms with Gasteiger partial charge in [-0.05, 0) is 25.0 Å². The number of nitrogens with zero attached hydrogens (tertiary/aromatic N) is 3. The topological polar surface area (TPSA) is 81.5 Å². The minimum Gasteiger partial charge on any atom is -0.268 e. The fraction of sp³-hybridized carbons (Fsp3) is 0.429. The number of hydrogen-bond donors (Lipinski definition) is 0. The zero-order valence-corrected chi connectivity index (χ0v) is 12.2. The van der Waals surface area contributed by atoms with Crippen molar-refractivity contribution >= 4 is 21.8 Å². The van der Waals surface area contributed by atoms with Crippen LogP contribution in [0.3, 0.4) is 0 Å². The van der Waals surface area contributed by atoms with Crippen molar-refractivity contribution < 1.29 is 13.2 Å². The van der Waals surface area contributed by atoms with Gasteiger partial charge < -0.3 is 0 Å². The highest BCUT2D eigenvalue weighted by Crippen LogP contribution is 2.35. The maximum absolute atomic E-state index is 12.6. The normalized spacial score (nSPS) is 21.8. The first-order valence-electron chi connectivity index (χ1n) is 6.95. The molecule has 1 aromatic carbocycles. The standard InChI is InChI=1S/C14H15N3O3S/c15-10-16-13-9-5-4-8-12(13)14(18)17(21(16,19)20)11-6-2-1-3-7-11/h4-5,8-9,11H,1-3,6-7H2. The van der Waals surface area contributed by atoms with E-state index in [-0.39, 0.29) is 17.3 Å². The number of fused-ring (bicyclic) bond motifs is 1. The largest absolute Gasteiger partial charge is 0.341 e. The Morgan fingerprint density at radius 3 is 2.48 bits per heavy atom. The van der Waals surface area contributed by atoms with Crippen LogP contribution < -0.4 is 4.31 Å². The zero-order valence-electron chi connectivity index (χ0n) is 11.4. The average Bonchev–Trinajstić information content (AvgIpc) is 2.48. The van der Waals surface area contributed by atoms with Crippen LogP contribution in [0.15, 0.2) is 24.3 Å². The number of para-hydroxylation sites is 1. The van der Waals surface area contributed by atoms with Crippen LogP contribution in [0.25, 0.3) is 0 Å². The van der Waals surface area contributed by atoms with Gasteiger partial charge in [-0.2, -0.15) is 18.0 Å². The van der Waals surface area contributed by atoms with E-state index < -0.39 is 16.1 Å². The van der Waals surface area contributed by atoms with Gasteiger partial charge in [-0.25, -0.2) is 4.31 Å². The summed E-state index contributed by atoms with van der Waals surface area (Å²) in [5.74, 6) is -0.524. The summed E-state index contributed by atoms with van der Waals surface area (Å²) < 4.78 is 26.8. The summed E-state index contributed by atoms with van der Waals surface area (Å²) >= 11 is 0. The number of hydrogen-bond acceptors (Lipinski definition) is 4. The van der Waals surface area contributed by atoms with Crippen molar-refractivity contribution in [2.75, 3.05) is 4.31 Å². The van der Waals surface area contributed by atoms with E-state index in [4.69, 9.17) is 0 Å². The lowest BCUT2D eigenvalue weighted by molar-refractivity contribution is 0.0794. The lowest BCUT2D eigenvalue weighted by Gasteiger charge is -2.38. The highest BCUT2D eigenvalue weighted by Gasteiger charge is 2.45. The Labute approximate surface area is 123 Å². The molecule has 7 heteroatoms. The van der Waals surface area contributed by atoms with Crippen LogP contribution >= 0.6 is 0 Å². The van der Waals surface area contributed by atoms with Crippen molar-refractivity contribution in [1.82, 2.24) is 4.31 Å². The van der Waals surface area contributed by atoms with Gasteiger partial charge in [-0.1, -0.05) is 31.4 Å². The molecule has 0 radical (unpaired) electrons.